The number of ether oxygens (including phenoxy) is 1. The summed E-state index contributed by atoms with van der Waals surface area (Å²) in [5, 5.41) is 11.5. The third kappa shape index (κ3) is 4.44. The summed E-state index contributed by atoms with van der Waals surface area (Å²) in [5.74, 6) is 0.743. The first-order chi connectivity index (χ1) is 8.17. The maximum absolute atomic E-state index is 11.5. The van der Waals surface area contributed by atoms with E-state index in [1.165, 1.54) is 0 Å². The molecule has 4 nitrogen and oxygen atoms in total. The fraction of sp³-hybridized carbons (Fsp3) is 0.462. The van der Waals surface area contributed by atoms with E-state index < -0.39 is 0 Å². The molecule has 4 heteroatoms. The molecule has 0 aromatic heterocycles. The Hall–Kier alpha value is -1.55. The van der Waals surface area contributed by atoms with Crippen molar-refractivity contribution in [2.75, 3.05) is 13.7 Å². The monoisotopic (exact) mass is 237 g/mol. The third-order valence-electron chi connectivity index (χ3n) is 2.50. The minimum absolute atomic E-state index is 0.0413. The fourth-order valence-corrected chi connectivity index (χ4v) is 1.55. The number of aliphatic hydroxyl groups excluding tert-OH is 1. The van der Waals surface area contributed by atoms with Crippen LogP contribution < -0.4 is 10.1 Å². The summed E-state index contributed by atoms with van der Waals surface area (Å²) in [4.78, 5) is 11.5. The second kappa shape index (κ2) is 6.91. The average Bonchev–Trinajstić information content (AvgIpc) is 2.36. The van der Waals surface area contributed by atoms with E-state index in [1.54, 1.807) is 14.0 Å². The summed E-state index contributed by atoms with van der Waals surface area (Å²) in [6.45, 7) is 1.72. The number of aryl methyl sites for hydroxylation is 1. The molecule has 0 aliphatic carbocycles. The highest BCUT2D eigenvalue weighted by Crippen LogP contribution is 2.18. The van der Waals surface area contributed by atoms with Gasteiger partial charge in [0.15, 0.2) is 0 Å². The van der Waals surface area contributed by atoms with Crippen LogP contribution in [0.2, 0.25) is 0 Å². The second-order valence-electron chi connectivity index (χ2n) is 3.96. The molecule has 94 valence electrons. The van der Waals surface area contributed by atoms with E-state index >= 15 is 0 Å². The molecule has 0 radical (unpaired) electrons. The predicted molar refractivity (Wildman–Crippen MR) is 66.0 cm³/mol. The Labute approximate surface area is 102 Å². The van der Waals surface area contributed by atoms with E-state index in [0.29, 0.717) is 12.8 Å². The van der Waals surface area contributed by atoms with Gasteiger partial charge in [0.25, 0.3) is 0 Å². The van der Waals surface area contributed by atoms with Gasteiger partial charge in [-0.2, -0.15) is 0 Å². The quantitative estimate of drug-likeness (QED) is 0.779. The van der Waals surface area contributed by atoms with Crippen molar-refractivity contribution < 1.29 is 14.6 Å². The lowest BCUT2D eigenvalue weighted by atomic mass is 10.1. The summed E-state index contributed by atoms with van der Waals surface area (Å²) in [6, 6.07) is 7.45. The van der Waals surface area contributed by atoms with Gasteiger partial charge in [-0.05, 0) is 25.0 Å². The Morgan fingerprint density at radius 2 is 2.18 bits per heavy atom. The SMILES string of the molecule is COc1ccccc1CCC(=O)N[C@H](C)CO. The molecule has 0 spiro atoms. The van der Waals surface area contributed by atoms with Gasteiger partial charge < -0.3 is 15.2 Å². The zero-order chi connectivity index (χ0) is 12.7. The molecule has 0 aliphatic heterocycles. The Morgan fingerprint density at radius 3 is 2.82 bits per heavy atom. The van der Waals surface area contributed by atoms with Gasteiger partial charge in [-0.25, -0.2) is 0 Å². The lowest BCUT2D eigenvalue weighted by Crippen LogP contribution is -2.35. The summed E-state index contributed by atoms with van der Waals surface area (Å²) in [6.07, 6.45) is 1.03. The summed E-state index contributed by atoms with van der Waals surface area (Å²) < 4.78 is 5.21. The van der Waals surface area contributed by atoms with Gasteiger partial charge in [0.1, 0.15) is 5.75 Å². The first kappa shape index (κ1) is 13.5. The largest absolute Gasteiger partial charge is 0.496 e. The van der Waals surface area contributed by atoms with Crippen molar-refractivity contribution in [2.45, 2.75) is 25.8 Å². The molecule has 0 aliphatic rings. The number of benzene rings is 1. The number of methoxy groups -OCH3 is 1. The van der Waals surface area contributed by atoms with E-state index in [2.05, 4.69) is 5.32 Å². The van der Waals surface area contributed by atoms with Crippen molar-refractivity contribution in [1.29, 1.82) is 0 Å². The van der Waals surface area contributed by atoms with Gasteiger partial charge in [-0.1, -0.05) is 18.2 Å². The molecule has 1 amide bonds. The van der Waals surface area contributed by atoms with Crippen molar-refractivity contribution in [2.24, 2.45) is 0 Å². The molecule has 0 heterocycles. The van der Waals surface area contributed by atoms with Crippen LogP contribution in [-0.4, -0.2) is 30.8 Å². The molecular weight excluding hydrogens is 218 g/mol. The van der Waals surface area contributed by atoms with E-state index in [9.17, 15) is 4.79 Å². The van der Waals surface area contributed by atoms with Crippen LogP contribution in [-0.2, 0) is 11.2 Å². The van der Waals surface area contributed by atoms with E-state index in [1.807, 2.05) is 24.3 Å². The standard InChI is InChI=1S/C13H19NO3/c1-10(9-15)14-13(16)8-7-11-5-3-4-6-12(11)17-2/h3-6,10,15H,7-9H2,1-2H3,(H,14,16)/t10-/m1/s1. The maximum Gasteiger partial charge on any atom is 0.220 e. The number of rotatable bonds is 6. The van der Waals surface area contributed by atoms with Crippen LogP contribution in [0, 0.1) is 0 Å². The molecule has 0 saturated heterocycles. The third-order valence-corrected chi connectivity index (χ3v) is 2.50. The number of amides is 1. The molecule has 0 fully saturated rings. The molecule has 0 bridgehead atoms. The number of para-hydroxylation sites is 1. The van der Waals surface area contributed by atoms with Gasteiger partial charge >= 0.3 is 0 Å². The van der Waals surface area contributed by atoms with Crippen molar-refractivity contribution in [3.63, 3.8) is 0 Å². The number of nitrogens with one attached hydrogen (secondary N) is 1. The van der Waals surface area contributed by atoms with Crippen molar-refractivity contribution >= 4 is 5.91 Å². The predicted octanol–water partition coefficient (Wildman–Crippen LogP) is 1.12. The number of aliphatic hydroxyl groups is 1. The van der Waals surface area contributed by atoms with E-state index in [0.717, 1.165) is 11.3 Å². The molecule has 0 saturated carbocycles. The molecule has 17 heavy (non-hydrogen) atoms. The van der Waals surface area contributed by atoms with Crippen molar-refractivity contribution in [1.82, 2.24) is 5.32 Å². The minimum atomic E-state index is -0.194. The zero-order valence-electron chi connectivity index (χ0n) is 10.3. The van der Waals surface area contributed by atoms with Crippen LogP contribution in [0.15, 0.2) is 24.3 Å². The van der Waals surface area contributed by atoms with Crippen LogP contribution in [0.4, 0.5) is 0 Å². The smallest absolute Gasteiger partial charge is 0.220 e. The van der Waals surface area contributed by atoms with Gasteiger partial charge in [-0.15, -0.1) is 0 Å². The van der Waals surface area contributed by atoms with Crippen molar-refractivity contribution in [3.05, 3.63) is 29.8 Å². The Kier molecular flexibility index (Phi) is 5.49. The minimum Gasteiger partial charge on any atom is -0.496 e. The molecule has 0 unspecified atom stereocenters. The normalized spacial score (nSPS) is 11.9. The van der Waals surface area contributed by atoms with Crippen LogP contribution in [0.25, 0.3) is 0 Å². The number of carbonyl (C=O) groups excluding carboxylic acids is 1. The summed E-state index contributed by atoms with van der Waals surface area (Å²) in [7, 11) is 1.62. The van der Waals surface area contributed by atoms with Crippen LogP contribution >= 0.6 is 0 Å². The highest BCUT2D eigenvalue weighted by molar-refractivity contribution is 5.76. The molecule has 1 atom stereocenters. The molecular formula is C13H19NO3. The van der Waals surface area contributed by atoms with E-state index in [-0.39, 0.29) is 18.6 Å². The highest BCUT2D eigenvalue weighted by atomic mass is 16.5. The molecule has 1 aromatic rings. The Balaban J connectivity index is 2.47. The van der Waals surface area contributed by atoms with Crippen LogP contribution in [0.5, 0.6) is 5.75 Å². The number of hydrogen-bond donors (Lipinski definition) is 2. The summed E-state index contributed by atoms with van der Waals surface area (Å²) in [5.41, 5.74) is 1.02. The lowest BCUT2D eigenvalue weighted by Gasteiger charge is -2.11. The number of hydrogen-bond acceptors (Lipinski definition) is 3. The lowest BCUT2D eigenvalue weighted by molar-refractivity contribution is -0.121. The first-order valence-corrected chi connectivity index (χ1v) is 5.69. The van der Waals surface area contributed by atoms with E-state index in [4.69, 9.17) is 9.84 Å². The Morgan fingerprint density at radius 1 is 1.47 bits per heavy atom. The van der Waals surface area contributed by atoms with Gasteiger partial charge in [-0.3, -0.25) is 4.79 Å². The Bertz CT molecular complexity index is 365. The topological polar surface area (TPSA) is 58.6 Å². The highest BCUT2D eigenvalue weighted by Gasteiger charge is 2.08. The molecule has 1 rings (SSSR count). The van der Waals surface area contributed by atoms with Gasteiger partial charge in [0.05, 0.1) is 13.7 Å². The van der Waals surface area contributed by atoms with Gasteiger partial charge in [0.2, 0.25) is 5.91 Å². The fourth-order valence-electron chi connectivity index (χ4n) is 1.55. The molecule has 1 aromatic carbocycles. The zero-order valence-corrected chi connectivity index (χ0v) is 10.3. The van der Waals surface area contributed by atoms with Crippen LogP contribution in [0.1, 0.15) is 18.9 Å². The molecule has 2 N–H and O–H groups in total. The second-order valence-corrected chi connectivity index (χ2v) is 3.96. The number of carbonyl (C=O) groups is 1. The summed E-state index contributed by atoms with van der Waals surface area (Å²) >= 11 is 0. The maximum atomic E-state index is 11.5. The average molecular weight is 237 g/mol. The van der Waals surface area contributed by atoms with Crippen LogP contribution in [0.3, 0.4) is 0 Å². The van der Waals surface area contributed by atoms with Crippen molar-refractivity contribution in [3.8, 4) is 5.75 Å². The van der Waals surface area contributed by atoms with Gasteiger partial charge in [0, 0.05) is 12.5 Å². The first-order valence-electron chi connectivity index (χ1n) is 5.69.